The highest BCUT2D eigenvalue weighted by molar-refractivity contribution is 9.10. The topological polar surface area (TPSA) is 67.6 Å². The van der Waals surface area contributed by atoms with Crippen molar-refractivity contribution in [3.8, 4) is 0 Å². The molecule has 6 heteroatoms. The lowest BCUT2D eigenvalue weighted by Crippen LogP contribution is -2.53. The second-order valence-electron chi connectivity index (χ2n) is 5.87. The Kier molecular flexibility index (Phi) is 3.27. The maximum atomic E-state index is 11.7. The Morgan fingerprint density at radius 3 is 2.95 bits per heavy atom. The number of nitrogens with zero attached hydrogens (tertiary/aromatic N) is 1. The van der Waals surface area contributed by atoms with Gasteiger partial charge in [-0.1, -0.05) is 0 Å². The van der Waals surface area contributed by atoms with Crippen molar-refractivity contribution < 1.29 is 9.53 Å². The Labute approximate surface area is 126 Å². The fourth-order valence-electron chi connectivity index (χ4n) is 2.81. The summed E-state index contributed by atoms with van der Waals surface area (Å²) in [7, 11) is 0. The van der Waals surface area contributed by atoms with Crippen LogP contribution in [0.1, 0.15) is 25.5 Å². The third kappa shape index (κ3) is 2.12. The van der Waals surface area contributed by atoms with Gasteiger partial charge in [0.2, 0.25) is 5.91 Å². The van der Waals surface area contributed by atoms with Crippen LogP contribution in [0.3, 0.4) is 0 Å². The second kappa shape index (κ2) is 4.72. The van der Waals surface area contributed by atoms with Gasteiger partial charge in [0.25, 0.3) is 0 Å². The Bertz CT molecular complexity index is 574. The summed E-state index contributed by atoms with van der Waals surface area (Å²) >= 11 is 3.61. The number of anilines is 2. The molecular weight excluding hydrogens is 322 g/mol. The number of hydrogen-bond donors (Lipinski definition) is 2. The molecule has 1 unspecified atom stereocenters. The average molecular weight is 340 g/mol. The van der Waals surface area contributed by atoms with E-state index in [0.717, 1.165) is 28.0 Å². The van der Waals surface area contributed by atoms with Gasteiger partial charge in [0.1, 0.15) is 6.04 Å². The highest BCUT2D eigenvalue weighted by atomic mass is 79.9. The summed E-state index contributed by atoms with van der Waals surface area (Å²) in [6.45, 7) is 6.51. The monoisotopic (exact) mass is 339 g/mol. The SMILES string of the molecule is CC1(C)COCCN1c1cc2c(cc1Br)C(N)C(=O)N2. The fraction of sp³-hybridized carbons (Fsp3) is 0.500. The second-order valence-corrected chi connectivity index (χ2v) is 6.73. The summed E-state index contributed by atoms with van der Waals surface area (Å²) in [5.41, 5.74) is 8.50. The van der Waals surface area contributed by atoms with E-state index in [1.165, 1.54) is 0 Å². The first-order chi connectivity index (χ1) is 9.40. The molecule has 1 amide bonds. The molecule has 0 saturated carbocycles. The minimum Gasteiger partial charge on any atom is -0.377 e. The van der Waals surface area contributed by atoms with E-state index in [4.69, 9.17) is 10.5 Å². The molecule has 1 aromatic rings. The molecule has 5 nitrogen and oxygen atoms in total. The van der Waals surface area contributed by atoms with Crippen molar-refractivity contribution in [3.63, 3.8) is 0 Å². The first kappa shape index (κ1) is 13.9. The van der Waals surface area contributed by atoms with Crippen LogP contribution in [0, 0.1) is 0 Å². The van der Waals surface area contributed by atoms with Crippen LogP contribution >= 0.6 is 15.9 Å². The number of morpholine rings is 1. The molecule has 2 aliphatic heterocycles. The third-order valence-electron chi connectivity index (χ3n) is 3.93. The molecule has 0 aromatic heterocycles. The van der Waals surface area contributed by atoms with E-state index < -0.39 is 6.04 Å². The number of ether oxygens (including phenoxy) is 1. The molecule has 0 bridgehead atoms. The standard InChI is InChI=1S/C14H18BrN3O2/c1-14(2)7-20-4-3-18(14)11-6-10-8(5-9(11)15)12(16)13(19)17-10/h5-6,12H,3-4,7,16H2,1-2H3,(H,17,19). The van der Waals surface area contributed by atoms with E-state index in [1.807, 2.05) is 12.1 Å². The van der Waals surface area contributed by atoms with Gasteiger partial charge in [-0.3, -0.25) is 4.79 Å². The van der Waals surface area contributed by atoms with Crippen LogP contribution in [0.4, 0.5) is 11.4 Å². The van der Waals surface area contributed by atoms with Gasteiger partial charge < -0.3 is 20.7 Å². The molecule has 2 aliphatic rings. The number of nitrogens with one attached hydrogen (secondary N) is 1. The summed E-state index contributed by atoms with van der Waals surface area (Å²) in [4.78, 5) is 14.0. The maximum Gasteiger partial charge on any atom is 0.245 e. The lowest BCUT2D eigenvalue weighted by atomic mass is 10.00. The van der Waals surface area contributed by atoms with Gasteiger partial charge in [0.05, 0.1) is 24.4 Å². The number of rotatable bonds is 1. The van der Waals surface area contributed by atoms with Crippen molar-refractivity contribution in [1.82, 2.24) is 0 Å². The zero-order valence-corrected chi connectivity index (χ0v) is 13.2. The lowest BCUT2D eigenvalue weighted by Gasteiger charge is -2.44. The van der Waals surface area contributed by atoms with E-state index in [0.29, 0.717) is 13.2 Å². The van der Waals surface area contributed by atoms with Gasteiger partial charge in [-0.05, 0) is 41.9 Å². The molecule has 1 atom stereocenters. The predicted octanol–water partition coefficient (Wildman–Crippen LogP) is 2.02. The number of carbonyl (C=O) groups excluding carboxylic acids is 1. The minimum absolute atomic E-state index is 0.0836. The van der Waals surface area contributed by atoms with Crippen LogP contribution in [0.5, 0.6) is 0 Å². The highest BCUT2D eigenvalue weighted by Crippen LogP contribution is 2.40. The molecule has 20 heavy (non-hydrogen) atoms. The van der Waals surface area contributed by atoms with Crippen molar-refractivity contribution in [2.45, 2.75) is 25.4 Å². The van der Waals surface area contributed by atoms with Crippen LogP contribution in [-0.2, 0) is 9.53 Å². The van der Waals surface area contributed by atoms with Crippen molar-refractivity contribution in [3.05, 3.63) is 22.2 Å². The molecule has 1 fully saturated rings. The fourth-order valence-corrected chi connectivity index (χ4v) is 3.38. The molecule has 3 N–H and O–H groups in total. The highest BCUT2D eigenvalue weighted by Gasteiger charge is 2.34. The Morgan fingerprint density at radius 2 is 2.25 bits per heavy atom. The number of nitrogens with two attached hydrogens (primary N) is 1. The summed E-state index contributed by atoms with van der Waals surface area (Å²) in [5.74, 6) is -0.148. The number of halogens is 1. The molecule has 3 rings (SSSR count). The van der Waals surface area contributed by atoms with Crippen LogP contribution < -0.4 is 16.0 Å². The van der Waals surface area contributed by atoms with Crippen molar-refractivity contribution in [2.75, 3.05) is 30.0 Å². The first-order valence-corrected chi connectivity index (χ1v) is 7.45. The van der Waals surface area contributed by atoms with Gasteiger partial charge in [-0.25, -0.2) is 0 Å². The van der Waals surface area contributed by atoms with Gasteiger partial charge >= 0.3 is 0 Å². The molecule has 1 aromatic carbocycles. The quantitative estimate of drug-likeness (QED) is 0.821. The van der Waals surface area contributed by atoms with Crippen LogP contribution in [-0.4, -0.2) is 31.2 Å². The van der Waals surface area contributed by atoms with E-state index in [1.54, 1.807) is 0 Å². The van der Waals surface area contributed by atoms with Gasteiger partial charge in [-0.15, -0.1) is 0 Å². The number of hydrogen-bond acceptors (Lipinski definition) is 4. The molecule has 0 radical (unpaired) electrons. The Balaban J connectivity index is 2.03. The normalized spacial score (nSPS) is 24.5. The zero-order chi connectivity index (χ0) is 14.5. The van der Waals surface area contributed by atoms with Crippen LogP contribution in [0.2, 0.25) is 0 Å². The summed E-state index contributed by atoms with van der Waals surface area (Å²) in [6, 6.07) is 3.36. The molecule has 108 valence electrons. The van der Waals surface area contributed by atoms with E-state index in [9.17, 15) is 4.79 Å². The minimum atomic E-state index is -0.576. The molecule has 0 spiro atoms. The van der Waals surface area contributed by atoms with Crippen LogP contribution in [0.25, 0.3) is 0 Å². The maximum absolute atomic E-state index is 11.7. The van der Waals surface area contributed by atoms with Crippen molar-refractivity contribution in [2.24, 2.45) is 5.73 Å². The Hall–Kier alpha value is -1.11. The van der Waals surface area contributed by atoms with Crippen LogP contribution in [0.15, 0.2) is 16.6 Å². The van der Waals surface area contributed by atoms with Crippen molar-refractivity contribution in [1.29, 1.82) is 0 Å². The molecule has 0 aliphatic carbocycles. The van der Waals surface area contributed by atoms with E-state index >= 15 is 0 Å². The van der Waals surface area contributed by atoms with Crippen molar-refractivity contribution >= 4 is 33.2 Å². The Morgan fingerprint density at radius 1 is 1.50 bits per heavy atom. The lowest BCUT2D eigenvalue weighted by molar-refractivity contribution is -0.116. The summed E-state index contributed by atoms with van der Waals surface area (Å²) in [5, 5.41) is 2.84. The van der Waals surface area contributed by atoms with Gasteiger partial charge in [-0.2, -0.15) is 0 Å². The molecular formula is C14H18BrN3O2. The predicted molar refractivity (Wildman–Crippen MR) is 81.9 cm³/mol. The molecule has 2 heterocycles. The van der Waals surface area contributed by atoms with Gasteiger partial charge in [0, 0.05) is 22.3 Å². The number of amides is 1. The largest absolute Gasteiger partial charge is 0.377 e. The number of fused-ring (bicyclic) bond motifs is 1. The van der Waals surface area contributed by atoms with E-state index in [-0.39, 0.29) is 11.4 Å². The number of carbonyl (C=O) groups is 1. The summed E-state index contributed by atoms with van der Waals surface area (Å²) in [6.07, 6.45) is 0. The van der Waals surface area contributed by atoms with Gasteiger partial charge in [0.15, 0.2) is 0 Å². The summed E-state index contributed by atoms with van der Waals surface area (Å²) < 4.78 is 6.51. The van der Waals surface area contributed by atoms with E-state index in [2.05, 4.69) is 40.0 Å². The smallest absolute Gasteiger partial charge is 0.245 e. The number of benzene rings is 1. The first-order valence-electron chi connectivity index (χ1n) is 6.65. The molecule has 1 saturated heterocycles. The zero-order valence-electron chi connectivity index (χ0n) is 11.6. The average Bonchev–Trinajstić information content (AvgIpc) is 2.65. The third-order valence-corrected chi connectivity index (χ3v) is 4.57.